The first-order chi connectivity index (χ1) is 30.2. The molecule has 11 aromatic carbocycles. The molecule has 11 aromatic rings. The van der Waals surface area contributed by atoms with Gasteiger partial charge in [0.15, 0.2) is 0 Å². The molecule has 12 rings (SSSR count). The van der Waals surface area contributed by atoms with Crippen LogP contribution in [0.25, 0.3) is 86.9 Å². The Morgan fingerprint density at radius 3 is 1.48 bits per heavy atom. The van der Waals surface area contributed by atoms with Crippen LogP contribution in [-0.4, -0.2) is 5.25 Å². The third kappa shape index (κ3) is 5.76. The predicted molar refractivity (Wildman–Crippen MR) is 264 cm³/mol. The lowest BCUT2D eigenvalue weighted by atomic mass is 9.87. The van der Waals surface area contributed by atoms with E-state index >= 15 is 0 Å². The van der Waals surface area contributed by atoms with Gasteiger partial charge < -0.3 is 0 Å². The van der Waals surface area contributed by atoms with Crippen molar-refractivity contribution >= 4 is 74.7 Å². The van der Waals surface area contributed by atoms with Gasteiger partial charge in [-0.05, 0) is 169 Å². The summed E-state index contributed by atoms with van der Waals surface area (Å²) < 4.78 is 0. The zero-order valence-electron chi connectivity index (χ0n) is 33.7. The number of allylic oxidation sites excluding steroid dienone is 3. The lowest BCUT2D eigenvalue weighted by molar-refractivity contribution is 1.01. The highest BCUT2D eigenvalue weighted by molar-refractivity contribution is 8.34. The second-order valence-corrected chi connectivity index (χ2v) is 19.7. The van der Waals surface area contributed by atoms with Crippen LogP contribution in [0.4, 0.5) is 0 Å². The lowest BCUT2D eigenvalue weighted by Gasteiger charge is -2.47. The molecule has 0 heterocycles. The molecule has 0 fully saturated rings. The minimum absolute atomic E-state index is 0.355. The summed E-state index contributed by atoms with van der Waals surface area (Å²) in [6.07, 6.45) is 10.2. The smallest absolute Gasteiger partial charge is 0.0224 e. The number of hydrogen-bond acceptors (Lipinski definition) is 0. The van der Waals surface area contributed by atoms with Crippen LogP contribution in [0, 0.1) is 0 Å². The SMILES string of the molecule is C1=CCC(S(c2ccccc2)(c2ccccc2)c2ccc3cc(-c4ccc5ccc(-c6cc7c8ccccc8c8ccccc8c7c7ccccc67)cc5c4)ccc3c2)C=C1. The fourth-order valence-electron chi connectivity index (χ4n) is 10.2. The van der Waals surface area contributed by atoms with Crippen LogP contribution in [0.3, 0.4) is 0 Å². The Morgan fingerprint density at radius 2 is 0.820 bits per heavy atom. The third-order valence-electron chi connectivity index (χ3n) is 13.0. The van der Waals surface area contributed by atoms with Gasteiger partial charge in [-0.2, -0.15) is 10.0 Å². The maximum absolute atomic E-state index is 2.48. The molecule has 1 aliphatic rings. The summed E-state index contributed by atoms with van der Waals surface area (Å²) in [5, 5.41) is 15.8. The Balaban J connectivity index is 0.977. The Labute approximate surface area is 358 Å². The molecular formula is C60H42S. The molecule has 0 N–H and O–H groups in total. The van der Waals surface area contributed by atoms with E-state index in [9.17, 15) is 0 Å². The van der Waals surface area contributed by atoms with Crippen molar-refractivity contribution in [3.05, 3.63) is 237 Å². The summed E-state index contributed by atoms with van der Waals surface area (Å²) in [5.41, 5.74) is 4.95. The van der Waals surface area contributed by atoms with Gasteiger partial charge in [0.1, 0.15) is 0 Å². The molecule has 1 unspecified atom stereocenters. The zero-order valence-corrected chi connectivity index (χ0v) is 34.5. The summed E-state index contributed by atoms with van der Waals surface area (Å²) in [7, 11) is -1.62. The average molecular weight is 795 g/mol. The number of fused-ring (bicyclic) bond motifs is 10. The molecule has 0 saturated carbocycles. The number of hydrogen-bond donors (Lipinski definition) is 0. The molecular weight excluding hydrogens is 753 g/mol. The van der Waals surface area contributed by atoms with Crippen molar-refractivity contribution in [2.45, 2.75) is 26.4 Å². The Bertz CT molecular complexity index is 3520. The van der Waals surface area contributed by atoms with Crippen molar-refractivity contribution in [2.24, 2.45) is 0 Å². The van der Waals surface area contributed by atoms with E-state index in [4.69, 9.17) is 0 Å². The monoisotopic (exact) mass is 794 g/mol. The molecule has 0 saturated heterocycles. The van der Waals surface area contributed by atoms with E-state index in [1.807, 2.05) is 0 Å². The van der Waals surface area contributed by atoms with E-state index in [1.165, 1.54) is 102 Å². The molecule has 0 aliphatic heterocycles. The molecule has 288 valence electrons. The van der Waals surface area contributed by atoms with Gasteiger partial charge in [-0.15, -0.1) is 0 Å². The molecule has 0 nitrogen and oxygen atoms in total. The van der Waals surface area contributed by atoms with E-state index in [0.29, 0.717) is 5.25 Å². The van der Waals surface area contributed by atoms with Crippen molar-refractivity contribution < 1.29 is 0 Å². The maximum atomic E-state index is 2.48. The third-order valence-corrected chi connectivity index (χ3v) is 17.3. The topological polar surface area (TPSA) is 0 Å². The van der Waals surface area contributed by atoms with Crippen molar-refractivity contribution in [3.63, 3.8) is 0 Å². The molecule has 0 radical (unpaired) electrons. The van der Waals surface area contributed by atoms with E-state index in [1.54, 1.807) is 0 Å². The first kappa shape index (κ1) is 35.7. The Morgan fingerprint density at radius 1 is 0.328 bits per heavy atom. The summed E-state index contributed by atoms with van der Waals surface area (Å²) in [6, 6.07) is 79.9. The molecule has 1 atom stereocenters. The van der Waals surface area contributed by atoms with Crippen LogP contribution in [0.15, 0.2) is 251 Å². The second-order valence-electron chi connectivity index (χ2n) is 16.4. The average Bonchev–Trinajstić information content (AvgIpc) is 3.34. The van der Waals surface area contributed by atoms with Gasteiger partial charge >= 0.3 is 0 Å². The quantitative estimate of drug-likeness (QED) is 0.147. The van der Waals surface area contributed by atoms with Crippen LogP contribution in [0.2, 0.25) is 0 Å². The molecule has 0 amide bonds. The summed E-state index contributed by atoms with van der Waals surface area (Å²) in [4.78, 5) is 4.20. The van der Waals surface area contributed by atoms with Crippen LogP contribution < -0.4 is 0 Å². The number of benzene rings is 11. The van der Waals surface area contributed by atoms with Gasteiger partial charge in [0.25, 0.3) is 0 Å². The summed E-state index contributed by atoms with van der Waals surface area (Å²) in [5.74, 6) is 0. The molecule has 0 spiro atoms. The van der Waals surface area contributed by atoms with E-state index in [-0.39, 0.29) is 0 Å². The van der Waals surface area contributed by atoms with Crippen molar-refractivity contribution in [1.82, 2.24) is 0 Å². The molecule has 1 heteroatoms. The highest BCUT2D eigenvalue weighted by Crippen LogP contribution is 2.72. The van der Waals surface area contributed by atoms with Crippen LogP contribution in [-0.2, 0) is 0 Å². The van der Waals surface area contributed by atoms with Gasteiger partial charge in [0.05, 0.1) is 0 Å². The minimum Gasteiger partial charge on any atom is -0.154 e. The van der Waals surface area contributed by atoms with Crippen LogP contribution in [0.5, 0.6) is 0 Å². The van der Waals surface area contributed by atoms with Crippen molar-refractivity contribution in [2.75, 3.05) is 0 Å². The Hall–Kier alpha value is -7.19. The lowest BCUT2D eigenvalue weighted by Crippen LogP contribution is -2.19. The fraction of sp³-hybridized carbons (Fsp3) is 0.0333. The molecule has 0 aromatic heterocycles. The fourth-order valence-corrected chi connectivity index (χ4v) is 14.6. The van der Waals surface area contributed by atoms with E-state index < -0.39 is 10.0 Å². The normalized spacial score (nSPS) is 14.5. The first-order valence-electron chi connectivity index (χ1n) is 21.3. The van der Waals surface area contributed by atoms with Crippen LogP contribution in [0.1, 0.15) is 6.42 Å². The standard InChI is InChI=1S/C60H42S/c1-4-16-48(17-5-1)61(49-18-6-2-7-19-49,50-20-8-3-9-21-50)51-35-34-44-36-42(31-32-45(44)39-51)43-30-28-41-29-33-46(38-47(41)37-43)58-40-59-54-24-11-10-22-52(54)53-23-12-14-26-56(53)60(59)57-27-15-13-25-55(57)58/h1-20,22-40,50H,21H2. The van der Waals surface area contributed by atoms with Gasteiger partial charge in [-0.1, -0.05) is 176 Å². The molecule has 61 heavy (non-hydrogen) atoms. The Kier molecular flexibility index (Phi) is 8.50. The first-order valence-corrected chi connectivity index (χ1v) is 23.0. The summed E-state index contributed by atoms with van der Waals surface area (Å²) in [6.45, 7) is 0. The molecule has 0 bridgehead atoms. The highest BCUT2D eigenvalue weighted by atomic mass is 32.3. The van der Waals surface area contributed by atoms with Gasteiger partial charge in [-0.25, -0.2) is 0 Å². The van der Waals surface area contributed by atoms with Crippen molar-refractivity contribution in [1.29, 1.82) is 0 Å². The zero-order chi connectivity index (χ0) is 40.3. The summed E-state index contributed by atoms with van der Waals surface area (Å²) >= 11 is 0. The predicted octanol–water partition coefficient (Wildman–Crippen LogP) is 17.1. The van der Waals surface area contributed by atoms with Crippen molar-refractivity contribution in [3.8, 4) is 22.3 Å². The van der Waals surface area contributed by atoms with Gasteiger partial charge in [-0.3, -0.25) is 0 Å². The minimum atomic E-state index is -1.62. The molecule has 1 aliphatic carbocycles. The largest absolute Gasteiger partial charge is 0.154 e. The van der Waals surface area contributed by atoms with E-state index in [2.05, 4.69) is 237 Å². The maximum Gasteiger partial charge on any atom is 0.0224 e. The van der Waals surface area contributed by atoms with Crippen LogP contribution >= 0.6 is 10.0 Å². The van der Waals surface area contributed by atoms with Gasteiger partial charge in [0, 0.05) is 5.25 Å². The van der Waals surface area contributed by atoms with E-state index in [0.717, 1.165) is 6.42 Å². The highest BCUT2D eigenvalue weighted by Gasteiger charge is 2.37. The second kappa shape index (κ2) is 14.5. The number of rotatable bonds is 6. The van der Waals surface area contributed by atoms with Gasteiger partial charge in [0.2, 0.25) is 0 Å².